The Kier molecular flexibility index (Phi) is 6.67. The molecule has 0 aliphatic carbocycles. The summed E-state index contributed by atoms with van der Waals surface area (Å²) in [5, 5.41) is 2.42. The van der Waals surface area contributed by atoms with Crippen molar-refractivity contribution in [2.45, 2.75) is 32.6 Å². The Labute approximate surface area is 137 Å². The molecule has 2 aromatic carbocycles. The van der Waals surface area contributed by atoms with Gasteiger partial charge in [-0.2, -0.15) is 0 Å². The number of hydrogen-bond acceptors (Lipinski definition) is 3. The van der Waals surface area contributed by atoms with E-state index in [4.69, 9.17) is 9.47 Å². The number of hydrogen-bond donors (Lipinski definition) is 0. The Balaban J connectivity index is 1.58. The molecule has 0 N–H and O–H groups in total. The molecule has 0 amide bonds. The second-order valence-electron chi connectivity index (χ2n) is 5.69. The minimum atomic E-state index is -0.301. The van der Waals surface area contributed by atoms with Crippen molar-refractivity contribution in [3.63, 3.8) is 0 Å². The highest BCUT2D eigenvalue weighted by atomic mass is 16.5. The van der Waals surface area contributed by atoms with E-state index in [0.29, 0.717) is 18.8 Å². The van der Waals surface area contributed by atoms with Crippen molar-refractivity contribution < 1.29 is 14.3 Å². The molecule has 3 nitrogen and oxygen atoms in total. The van der Waals surface area contributed by atoms with E-state index in [1.54, 1.807) is 6.92 Å². The number of carbonyl (C=O) groups excluding carboxylic acids is 1. The first-order valence-electron chi connectivity index (χ1n) is 8.11. The topological polar surface area (TPSA) is 35.5 Å². The van der Waals surface area contributed by atoms with Crippen molar-refractivity contribution in [1.29, 1.82) is 0 Å². The smallest absolute Gasteiger partial charge is 0.333 e. The van der Waals surface area contributed by atoms with E-state index in [1.165, 1.54) is 10.8 Å². The fourth-order valence-corrected chi connectivity index (χ4v) is 2.29. The van der Waals surface area contributed by atoms with Crippen LogP contribution in [-0.2, 0) is 9.53 Å². The number of esters is 1. The fraction of sp³-hybridized carbons (Fsp3) is 0.350. The van der Waals surface area contributed by atoms with E-state index in [0.717, 1.165) is 31.4 Å². The molecule has 0 bridgehead atoms. The summed E-state index contributed by atoms with van der Waals surface area (Å²) in [7, 11) is 0. The van der Waals surface area contributed by atoms with Gasteiger partial charge in [-0.1, -0.05) is 36.9 Å². The standard InChI is InChI=1S/C20H24O3/c1-16(2)20(21)23-14-8-4-3-7-13-22-19-12-11-17-9-5-6-10-18(17)15-19/h5-6,9-12,15H,1,3-4,7-8,13-14H2,2H3. The van der Waals surface area contributed by atoms with Crippen LogP contribution in [0.1, 0.15) is 32.6 Å². The molecule has 0 fully saturated rings. The van der Waals surface area contributed by atoms with Crippen molar-refractivity contribution in [3.05, 3.63) is 54.6 Å². The molecule has 0 aliphatic rings. The lowest BCUT2D eigenvalue weighted by atomic mass is 10.1. The summed E-state index contributed by atoms with van der Waals surface area (Å²) in [5.41, 5.74) is 0.453. The first-order valence-corrected chi connectivity index (χ1v) is 8.11. The lowest BCUT2D eigenvalue weighted by Crippen LogP contribution is -2.06. The van der Waals surface area contributed by atoms with Crippen LogP contribution in [0.3, 0.4) is 0 Å². The Hall–Kier alpha value is -2.29. The van der Waals surface area contributed by atoms with E-state index < -0.39 is 0 Å². The molecule has 3 heteroatoms. The van der Waals surface area contributed by atoms with Crippen molar-refractivity contribution >= 4 is 16.7 Å². The van der Waals surface area contributed by atoms with Crippen LogP contribution in [0.5, 0.6) is 5.75 Å². The Morgan fingerprint density at radius 2 is 1.65 bits per heavy atom. The van der Waals surface area contributed by atoms with Crippen LogP contribution in [0, 0.1) is 0 Å². The van der Waals surface area contributed by atoms with Gasteiger partial charge in [0, 0.05) is 5.57 Å². The van der Waals surface area contributed by atoms with Crippen molar-refractivity contribution in [3.8, 4) is 5.75 Å². The van der Waals surface area contributed by atoms with Crippen molar-refractivity contribution in [2.75, 3.05) is 13.2 Å². The minimum absolute atomic E-state index is 0.301. The van der Waals surface area contributed by atoms with Crippen LogP contribution >= 0.6 is 0 Å². The van der Waals surface area contributed by atoms with Crippen LogP contribution in [0.25, 0.3) is 10.8 Å². The van der Waals surface area contributed by atoms with Crippen molar-refractivity contribution in [1.82, 2.24) is 0 Å². The second-order valence-corrected chi connectivity index (χ2v) is 5.69. The molecule has 2 rings (SSSR count). The summed E-state index contributed by atoms with van der Waals surface area (Å²) >= 11 is 0. The van der Waals surface area contributed by atoms with Crippen LogP contribution in [-0.4, -0.2) is 19.2 Å². The zero-order valence-electron chi connectivity index (χ0n) is 13.7. The lowest BCUT2D eigenvalue weighted by molar-refractivity contribution is -0.139. The largest absolute Gasteiger partial charge is 0.494 e. The summed E-state index contributed by atoms with van der Waals surface area (Å²) in [4.78, 5) is 11.2. The van der Waals surface area contributed by atoms with E-state index in [1.807, 2.05) is 18.2 Å². The number of carbonyl (C=O) groups is 1. The van der Waals surface area contributed by atoms with E-state index in [2.05, 4.69) is 30.8 Å². The third kappa shape index (κ3) is 5.78. The maximum absolute atomic E-state index is 11.2. The fourth-order valence-electron chi connectivity index (χ4n) is 2.29. The average Bonchev–Trinajstić information content (AvgIpc) is 2.56. The first kappa shape index (κ1) is 17.1. The molecule has 23 heavy (non-hydrogen) atoms. The minimum Gasteiger partial charge on any atom is -0.494 e. The number of unbranched alkanes of at least 4 members (excludes halogenated alkanes) is 3. The Bertz CT molecular complexity index is 661. The quantitative estimate of drug-likeness (QED) is 0.375. The number of benzene rings is 2. The van der Waals surface area contributed by atoms with Gasteiger partial charge in [-0.05, 0) is 55.5 Å². The molecular formula is C20H24O3. The van der Waals surface area contributed by atoms with Gasteiger partial charge in [0.2, 0.25) is 0 Å². The highest BCUT2D eigenvalue weighted by Gasteiger charge is 2.02. The summed E-state index contributed by atoms with van der Waals surface area (Å²) in [6, 6.07) is 14.4. The van der Waals surface area contributed by atoms with Crippen LogP contribution in [0.15, 0.2) is 54.6 Å². The molecule has 0 unspecified atom stereocenters. The Morgan fingerprint density at radius 1 is 0.957 bits per heavy atom. The van der Waals surface area contributed by atoms with Crippen LogP contribution in [0.4, 0.5) is 0 Å². The summed E-state index contributed by atoms with van der Waals surface area (Å²) in [5.74, 6) is 0.615. The third-order valence-electron chi connectivity index (χ3n) is 3.61. The predicted molar refractivity (Wildman–Crippen MR) is 93.7 cm³/mol. The van der Waals surface area contributed by atoms with E-state index >= 15 is 0 Å². The van der Waals surface area contributed by atoms with Crippen LogP contribution < -0.4 is 4.74 Å². The molecular weight excluding hydrogens is 288 g/mol. The predicted octanol–water partition coefficient (Wildman–Crippen LogP) is 4.90. The number of ether oxygens (including phenoxy) is 2. The van der Waals surface area contributed by atoms with Gasteiger partial charge in [0.25, 0.3) is 0 Å². The van der Waals surface area contributed by atoms with Gasteiger partial charge < -0.3 is 9.47 Å². The van der Waals surface area contributed by atoms with Crippen LogP contribution in [0.2, 0.25) is 0 Å². The molecule has 0 saturated heterocycles. The molecule has 2 aromatic rings. The zero-order valence-corrected chi connectivity index (χ0v) is 13.7. The monoisotopic (exact) mass is 312 g/mol. The molecule has 122 valence electrons. The normalized spacial score (nSPS) is 10.5. The third-order valence-corrected chi connectivity index (χ3v) is 3.61. The molecule has 0 aliphatic heterocycles. The molecule has 0 heterocycles. The first-order chi connectivity index (χ1) is 11.2. The summed E-state index contributed by atoms with van der Waals surface area (Å²) in [6.45, 7) is 6.39. The van der Waals surface area contributed by atoms with E-state index in [-0.39, 0.29) is 5.97 Å². The summed E-state index contributed by atoms with van der Waals surface area (Å²) < 4.78 is 10.8. The molecule has 0 spiro atoms. The van der Waals surface area contributed by atoms with Gasteiger partial charge >= 0.3 is 5.97 Å². The van der Waals surface area contributed by atoms with Gasteiger partial charge in [0.1, 0.15) is 5.75 Å². The van der Waals surface area contributed by atoms with Gasteiger partial charge in [0.05, 0.1) is 13.2 Å². The molecule has 0 atom stereocenters. The second kappa shape index (κ2) is 8.99. The van der Waals surface area contributed by atoms with Gasteiger partial charge in [-0.3, -0.25) is 0 Å². The number of fused-ring (bicyclic) bond motifs is 1. The van der Waals surface area contributed by atoms with Crippen molar-refractivity contribution in [2.24, 2.45) is 0 Å². The SMILES string of the molecule is C=C(C)C(=O)OCCCCCCOc1ccc2ccccc2c1. The van der Waals surface area contributed by atoms with Gasteiger partial charge in [-0.25, -0.2) is 4.79 Å². The highest BCUT2D eigenvalue weighted by molar-refractivity contribution is 5.86. The maximum Gasteiger partial charge on any atom is 0.333 e. The molecule has 0 saturated carbocycles. The highest BCUT2D eigenvalue weighted by Crippen LogP contribution is 2.20. The lowest BCUT2D eigenvalue weighted by Gasteiger charge is -2.07. The van der Waals surface area contributed by atoms with Gasteiger partial charge in [-0.15, -0.1) is 0 Å². The zero-order chi connectivity index (χ0) is 16.5. The molecule has 0 aromatic heterocycles. The molecule has 0 radical (unpaired) electrons. The average molecular weight is 312 g/mol. The Morgan fingerprint density at radius 3 is 2.39 bits per heavy atom. The summed E-state index contributed by atoms with van der Waals surface area (Å²) in [6.07, 6.45) is 3.99. The van der Waals surface area contributed by atoms with Gasteiger partial charge in [0.15, 0.2) is 0 Å². The maximum atomic E-state index is 11.2. The number of rotatable bonds is 9. The van der Waals surface area contributed by atoms with E-state index in [9.17, 15) is 4.79 Å².